The highest BCUT2D eigenvalue weighted by Gasteiger charge is 2.39. The van der Waals surface area contributed by atoms with Crippen molar-refractivity contribution >= 4 is 11.8 Å². The molecule has 5 heteroatoms. The Morgan fingerprint density at radius 3 is 2.52 bits per heavy atom. The molecule has 2 fully saturated rings. The second-order valence-corrected chi connectivity index (χ2v) is 6.83. The monoisotopic (exact) mass is 296 g/mol. The number of ether oxygens (including phenoxy) is 1. The summed E-state index contributed by atoms with van der Waals surface area (Å²) in [4.78, 5) is 26.4. The molecule has 1 N–H and O–H groups in total. The van der Waals surface area contributed by atoms with Crippen LogP contribution in [0.2, 0.25) is 0 Å². The van der Waals surface area contributed by atoms with Gasteiger partial charge in [-0.1, -0.05) is 19.3 Å². The molecule has 0 radical (unpaired) electrons. The molecule has 5 nitrogen and oxygen atoms in total. The predicted octanol–water partition coefficient (Wildman–Crippen LogP) is 1.71. The molecule has 1 aliphatic carbocycles. The van der Waals surface area contributed by atoms with E-state index in [2.05, 4.69) is 5.32 Å². The van der Waals surface area contributed by atoms with Crippen LogP contribution in [0.3, 0.4) is 0 Å². The van der Waals surface area contributed by atoms with E-state index in [9.17, 15) is 9.59 Å². The molecule has 1 unspecified atom stereocenters. The lowest BCUT2D eigenvalue weighted by molar-refractivity contribution is -0.150. The van der Waals surface area contributed by atoms with Crippen molar-refractivity contribution in [1.29, 1.82) is 0 Å². The largest absolute Gasteiger partial charge is 0.374 e. The van der Waals surface area contributed by atoms with E-state index >= 15 is 0 Å². The summed E-state index contributed by atoms with van der Waals surface area (Å²) in [5.41, 5.74) is -0.418. The first-order chi connectivity index (χ1) is 9.93. The third-order valence-electron chi connectivity index (χ3n) is 4.46. The van der Waals surface area contributed by atoms with E-state index in [1.165, 1.54) is 6.42 Å². The Labute approximate surface area is 127 Å². The lowest BCUT2D eigenvalue weighted by Gasteiger charge is -2.40. The molecule has 0 bridgehead atoms. The van der Waals surface area contributed by atoms with Gasteiger partial charge in [0.1, 0.15) is 6.04 Å². The number of hydrogen-bond acceptors (Lipinski definition) is 3. The number of rotatable bonds is 5. The Bertz CT molecular complexity index is 389. The second kappa shape index (κ2) is 6.77. The molecule has 120 valence electrons. The van der Waals surface area contributed by atoms with E-state index in [1.54, 1.807) is 4.90 Å². The molecule has 1 aliphatic heterocycles. The van der Waals surface area contributed by atoms with Crippen molar-refractivity contribution in [3.05, 3.63) is 0 Å². The lowest BCUT2D eigenvalue weighted by atomic mass is 9.82. The van der Waals surface area contributed by atoms with E-state index in [1.807, 2.05) is 20.8 Å². The van der Waals surface area contributed by atoms with Crippen LogP contribution >= 0.6 is 0 Å². The van der Waals surface area contributed by atoms with Gasteiger partial charge < -0.3 is 15.0 Å². The van der Waals surface area contributed by atoms with Crippen LogP contribution in [0.4, 0.5) is 0 Å². The van der Waals surface area contributed by atoms with Gasteiger partial charge in [-0.3, -0.25) is 9.59 Å². The van der Waals surface area contributed by atoms with Gasteiger partial charge in [-0.05, 0) is 39.5 Å². The summed E-state index contributed by atoms with van der Waals surface area (Å²) in [7, 11) is 0. The standard InChI is InChI=1S/C16H28N2O3/c1-4-21-16(2,3)11-18-10-13(19)17-14(15(18)20)12-8-6-5-7-9-12/h12,14H,4-11H2,1-3H3,(H,17,19). The van der Waals surface area contributed by atoms with Gasteiger partial charge >= 0.3 is 0 Å². The average molecular weight is 296 g/mol. The molecule has 0 aromatic heterocycles. The van der Waals surface area contributed by atoms with Crippen LogP contribution in [0.15, 0.2) is 0 Å². The fraction of sp³-hybridized carbons (Fsp3) is 0.875. The molecule has 0 aromatic carbocycles. The van der Waals surface area contributed by atoms with E-state index in [4.69, 9.17) is 4.74 Å². The second-order valence-electron chi connectivity index (χ2n) is 6.83. The van der Waals surface area contributed by atoms with Crippen molar-refractivity contribution < 1.29 is 14.3 Å². The Balaban J connectivity index is 2.04. The molecule has 1 atom stereocenters. The van der Waals surface area contributed by atoms with Crippen molar-refractivity contribution in [3.63, 3.8) is 0 Å². The van der Waals surface area contributed by atoms with Gasteiger partial charge in [0.25, 0.3) is 0 Å². The predicted molar refractivity (Wildman–Crippen MR) is 80.8 cm³/mol. The molecular formula is C16H28N2O3. The molecular weight excluding hydrogens is 268 g/mol. The van der Waals surface area contributed by atoms with Gasteiger partial charge in [-0.25, -0.2) is 0 Å². The summed E-state index contributed by atoms with van der Waals surface area (Å²) in [6, 6.07) is -0.330. The van der Waals surface area contributed by atoms with Crippen LogP contribution in [0.25, 0.3) is 0 Å². The van der Waals surface area contributed by atoms with Gasteiger partial charge in [-0.2, -0.15) is 0 Å². The van der Waals surface area contributed by atoms with Crippen LogP contribution in [-0.4, -0.2) is 48.1 Å². The van der Waals surface area contributed by atoms with Gasteiger partial charge in [0.15, 0.2) is 0 Å². The third-order valence-corrected chi connectivity index (χ3v) is 4.46. The number of carbonyl (C=O) groups excluding carboxylic acids is 2. The Morgan fingerprint density at radius 2 is 1.90 bits per heavy atom. The highest BCUT2D eigenvalue weighted by atomic mass is 16.5. The molecule has 1 saturated carbocycles. The summed E-state index contributed by atoms with van der Waals surface area (Å²) in [6.07, 6.45) is 5.65. The van der Waals surface area contributed by atoms with Crippen LogP contribution < -0.4 is 5.32 Å². The van der Waals surface area contributed by atoms with Crippen molar-refractivity contribution in [1.82, 2.24) is 10.2 Å². The fourth-order valence-electron chi connectivity index (χ4n) is 3.55. The minimum atomic E-state index is -0.418. The van der Waals surface area contributed by atoms with Crippen LogP contribution in [0.1, 0.15) is 52.9 Å². The Hall–Kier alpha value is -1.10. The first-order valence-electron chi connectivity index (χ1n) is 8.15. The van der Waals surface area contributed by atoms with E-state index in [0.717, 1.165) is 25.7 Å². The molecule has 0 spiro atoms. The zero-order valence-corrected chi connectivity index (χ0v) is 13.5. The van der Waals surface area contributed by atoms with Crippen molar-refractivity contribution in [2.75, 3.05) is 19.7 Å². The number of piperazine rings is 1. The smallest absolute Gasteiger partial charge is 0.246 e. The first kappa shape index (κ1) is 16.3. The molecule has 0 aromatic rings. The van der Waals surface area contributed by atoms with Crippen molar-refractivity contribution in [3.8, 4) is 0 Å². The van der Waals surface area contributed by atoms with E-state index in [-0.39, 0.29) is 24.4 Å². The van der Waals surface area contributed by atoms with Gasteiger partial charge in [0, 0.05) is 13.2 Å². The summed E-state index contributed by atoms with van der Waals surface area (Å²) < 4.78 is 5.67. The van der Waals surface area contributed by atoms with Crippen molar-refractivity contribution in [2.45, 2.75) is 64.5 Å². The lowest BCUT2D eigenvalue weighted by Crippen LogP contribution is -2.62. The minimum absolute atomic E-state index is 0.0440. The molecule has 1 saturated heterocycles. The number of carbonyl (C=O) groups is 2. The number of hydrogen-bond donors (Lipinski definition) is 1. The van der Waals surface area contributed by atoms with Gasteiger partial charge in [-0.15, -0.1) is 0 Å². The molecule has 1 heterocycles. The molecule has 2 aliphatic rings. The number of nitrogens with one attached hydrogen (secondary N) is 1. The van der Waals surface area contributed by atoms with Crippen molar-refractivity contribution in [2.24, 2.45) is 5.92 Å². The molecule has 2 amide bonds. The van der Waals surface area contributed by atoms with Crippen LogP contribution in [0, 0.1) is 5.92 Å². The molecule has 2 rings (SSSR count). The van der Waals surface area contributed by atoms with E-state index in [0.29, 0.717) is 19.1 Å². The maximum atomic E-state index is 12.7. The maximum Gasteiger partial charge on any atom is 0.246 e. The highest BCUT2D eigenvalue weighted by Crippen LogP contribution is 2.28. The van der Waals surface area contributed by atoms with Gasteiger partial charge in [0.05, 0.1) is 12.1 Å². The summed E-state index contributed by atoms with van der Waals surface area (Å²) in [5, 5.41) is 2.91. The summed E-state index contributed by atoms with van der Waals surface area (Å²) >= 11 is 0. The fourth-order valence-corrected chi connectivity index (χ4v) is 3.55. The number of nitrogens with zero attached hydrogens (tertiary/aromatic N) is 1. The van der Waals surface area contributed by atoms with Crippen LogP contribution in [-0.2, 0) is 14.3 Å². The quantitative estimate of drug-likeness (QED) is 0.840. The topological polar surface area (TPSA) is 58.6 Å². The highest BCUT2D eigenvalue weighted by molar-refractivity contribution is 5.95. The normalized spacial score (nSPS) is 25.1. The Morgan fingerprint density at radius 1 is 1.24 bits per heavy atom. The first-order valence-corrected chi connectivity index (χ1v) is 8.15. The Kier molecular flexibility index (Phi) is 5.25. The maximum absolute atomic E-state index is 12.7. The minimum Gasteiger partial charge on any atom is -0.374 e. The van der Waals surface area contributed by atoms with Gasteiger partial charge in [0.2, 0.25) is 11.8 Å². The summed E-state index contributed by atoms with van der Waals surface area (Å²) in [6.45, 7) is 7.09. The molecule has 21 heavy (non-hydrogen) atoms. The average Bonchev–Trinajstić information content (AvgIpc) is 2.43. The zero-order chi connectivity index (χ0) is 15.5. The van der Waals surface area contributed by atoms with E-state index < -0.39 is 5.60 Å². The SMILES string of the molecule is CCOC(C)(C)CN1CC(=O)NC(C2CCCCC2)C1=O. The van der Waals surface area contributed by atoms with Crippen LogP contribution in [0.5, 0.6) is 0 Å². The number of amides is 2. The third kappa shape index (κ3) is 4.19. The summed E-state index contributed by atoms with van der Waals surface area (Å²) in [5.74, 6) is 0.319. The zero-order valence-electron chi connectivity index (χ0n) is 13.5.